The first-order valence-corrected chi connectivity index (χ1v) is 6.55. The summed E-state index contributed by atoms with van der Waals surface area (Å²) in [4.78, 5) is 21.8. The summed E-state index contributed by atoms with van der Waals surface area (Å²) in [7, 11) is 0. The number of hydrazine groups is 1. The van der Waals surface area contributed by atoms with E-state index in [1.807, 2.05) is 5.01 Å². The van der Waals surface area contributed by atoms with Gasteiger partial charge >= 0.3 is 0 Å². The SMILES string of the molecule is O=C(/C=C/c1cc[c]c([N+](=O)[O-])c1)NN1CCCCC1. The molecule has 1 N–H and O–H groups in total. The van der Waals surface area contributed by atoms with E-state index >= 15 is 0 Å². The van der Waals surface area contributed by atoms with Gasteiger partial charge < -0.3 is 0 Å². The molecule has 6 nitrogen and oxygen atoms in total. The third-order valence-corrected chi connectivity index (χ3v) is 3.06. The number of carbonyl (C=O) groups excluding carboxylic acids is 1. The minimum absolute atomic E-state index is 0.108. The Morgan fingerprint density at radius 3 is 2.85 bits per heavy atom. The van der Waals surface area contributed by atoms with Gasteiger partial charge in [0.2, 0.25) is 0 Å². The van der Waals surface area contributed by atoms with Gasteiger partial charge in [-0.25, -0.2) is 5.01 Å². The van der Waals surface area contributed by atoms with E-state index in [1.165, 1.54) is 24.6 Å². The van der Waals surface area contributed by atoms with Crippen molar-refractivity contribution in [1.29, 1.82) is 0 Å². The zero-order chi connectivity index (χ0) is 14.4. The second-order valence-electron chi connectivity index (χ2n) is 4.62. The second kappa shape index (κ2) is 6.81. The molecule has 1 aliphatic heterocycles. The van der Waals surface area contributed by atoms with Crippen LogP contribution in [-0.2, 0) is 4.79 Å². The molecule has 0 spiro atoms. The molecule has 20 heavy (non-hydrogen) atoms. The van der Waals surface area contributed by atoms with Crippen molar-refractivity contribution in [2.75, 3.05) is 13.1 Å². The molecule has 0 saturated carbocycles. The third kappa shape index (κ3) is 4.17. The number of nitrogens with zero attached hydrogens (tertiary/aromatic N) is 2. The molecule has 1 aliphatic rings. The molecule has 0 aromatic heterocycles. The normalized spacial score (nSPS) is 16.2. The summed E-state index contributed by atoms with van der Waals surface area (Å²) in [5.74, 6) is -0.220. The Morgan fingerprint density at radius 2 is 2.15 bits per heavy atom. The van der Waals surface area contributed by atoms with Crippen molar-refractivity contribution in [2.24, 2.45) is 0 Å². The Hall–Kier alpha value is -2.21. The highest BCUT2D eigenvalue weighted by Gasteiger charge is 2.11. The predicted octanol–water partition coefficient (Wildman–Crippen LogP) is 1.93. The minimum atomic E-state index is -0.509. The number of carbonyl (C=O) groups is 1. The molecular formula is C14H16N3O3. The fraction of sp³-hybridized carbons (Fsp3) is 0.357. The number of hydrogen-bond acceptors (Lipinski definition) is 4. The van der Waals surface area contributed by atoms with Crippen molar-refractivity contribution < 1.29 is 9.72 Å². The largest absolute Gasteiger partial charge is 0.285 e. The van der Waals surface area contributed by atoms with Gasteiger partial charge in [0.05, 0.1) is 11.0 Å². The van der Waals surface area contributed by atoms with Gasteiger partial charge in [-0.1, -0.05) is 12.5 Å². The van der Waals surface area contributed by atoms with E-state index in [4.69, 9.17) is 0 Å². The molecule has 0 aliphatic carbocycles. The maximum Gasteiger partial charge on any atom is 0.278 e. The quantitative estimate of drug-likeness (QED) is 0.517. The van der Waals surface area contributed by atoms with E-state index in [1.54, 1.807) is 12.1 Å². The molecule has 0 unspecified atom stereocenters. The molecule has 1 heterocycles. The van der Waals surface area contributed by atoms with E-state index in [2.05, 4.69) is 11.5 Å². The molecule has 1 amide bonds. The van der Waals surface area contributed by atoms with Crippen LogP contribution in [0.1, 0.15) is 24.8 Å². The van der Waals surface area contributed by atoms with Crippen molar-refractivity contribution in [3.05, 3.63) is 46.0 Å². The summed E-state index contributed by atoms with van der Waals surface area (Å²) >= 11 is 0. The van der Waals surface area contributed by atoms with Crippen LogP contribution in [0.3, 0.4) is 0 Å². The standard InChI is InChI=1S/C14H16N3O3/c18-14(15-16-9-2-1-3-10-16)8-7-12-5-4-6-13(11-12)17(19)20/h4-5,7-8,11H,1-3,9-10H2,(H,15,18)/b8-7+. The number of nitrogens with one attached hydrogen (secondary N) is 1. The van der Waals surface area contributed by atoms with E-state index in [0.29, 0.717) is 5.56 Å². The minimum Gasteiger partial charge on any atom is -0.285 e. The Labute approximate surface area is 117 Å². The Morgan fingerprint density at radius 1 is 1.40 bits per heavy atom. The average molecular weight is 274 g/mol. The lowest BCUT2D eigenvalue weighted by Gasteiger charge is -2.26. The van der Waals surface area contributed by atoms with Crippen LogP contribution in [0.25, 0.3) is 6.08 Å². The van der Waals surface area contributed by atoms with E-state index in [-0.39, 0.29) is 11.6 Å². The van der Waals surface area contributed by atoms with Gasteiger partial charge in [0.25, 0.3) is 11.6 Å². The number of non-ortho nitro benzene ring substituents is 1. The molecule has 0 atom stereocenters. The van der Waals surface area contributed by atoms with Gasteiger partial charge in [-0.05, 0) is 30.5 Å². The second-order valence-corrected chi connectivity index (χ2v) is 4.62. The van der Waals surface area contributed by atoms with Gasteiger partial charge in [-0.15, -0.1) is 0 Å². The van der Waals surface area contributed by atoms with E-state index in [9.17, 15) is 14.9 Å². The third-order valence-electron chi connectivity index (χ3n) is 3.06. The zero-order valence-electron chi connectivity index (χ0n) is 11.0. The lowest BCUT2D eigenvalue weighted by molar-refractivity contribution is -0.385. The van der Waals surface area contributed by atoms with Crippen LogP contribution in [0.5, 0.6) is 0 Å². The van der Waals surface area contributed by atoms with Gasteiger partial charge in [-0.2, -0.15) is 0 Å². The zero-order valence-corrected chi connectivity index (χ0v) is 11.0. The number of nitro groups is 1. The summed E-state index contributed by atoms with van der Waals surface area (Å²) in [6.45, 7) is 1.73. The number of piperidine rings is 1. The van der Waals surface area contributed by atoms with Crippen LogP contribution in [0.15, 0.2) is 24.3 Å². The number of benzene rings is 1. The summed E-state index contributed by atoms with van der Waals surface area (Å²) in [6, 6.07) is 7.04. The fourth-order valence-electron chi connectivity index (χ4n) is 2.05. The Kier molecular flexibility index (Phi) is 4.84. The van der Waals surface area contributed by atoms with Crippen molar-refractivity contribution in [3.63, 3.8) is 0 Å². The summed E-state index contributed by atoms with van der Waals surface area (Å²) in [5, 5.41) is 12.5. The number of rotatable bonds is 4. The van der Waals surface area contributed by atoms with E-state index < -0.39 is 4.92 Å². The number of hydrogen-bond donors (Lipinski definition) is 1. The maximum atomic E-state index is 11.7. The Bertz CT molecular complexity index is 522. The maximum absolute atomic E-state index is 11.7. The molecule has 0 bridgehead atoms. The lowest BCUT2D eigenvalue weighted by Crippen LogP contribution is -2.44. The van der Waals surface area contributed by atoms with Crippen molar-refractivity contribution >= 4 is 17.7 Å². The van der Waals surface area contributed by atoms with Crippen molar-refractivity contribution in [2.45, 2.75) is 19.3 Å². The first-order valence-electron chi connectivity index (χ1n) is 6.55. The van der Waals surface area contributed by atoms with Crippen molar-refractivity contribution in [1.82, 2.24) is 10.4 Å². The smallest absolute Gasteiger partial charge is 0.278 e. The topological polar surface area (TPSA) is 75.5 Å². The molecule has 1 radical (unpaired) electrons. The van der Waals surface area contributed by atoms with Crippen LogP contribution in [0.4, 0.5) is 5.69 Å². The highest BCUT2D eigenvalue weighted by Crippen LogP contribution is 2.13. The predicted molar refractivity (Wildman–Crippen MR) is 74.5 cm³/mol. The van der Waals surface area contributed by atoms with Crippen LogP contribution in [0.2, 0.25) is 0 Å². The lowest BCUT2D eigenvalue weighted by atomic mass is 10.2. The van der Waals surface area contributed by atoms with Crippen LogP contribution in [-0.4, -0.2) is 28.9 Å². The van der Waals surface area contributed by atoms with Gasteiger partial charge in [0, 0.05) is 25.2 Å². The molecule has 1 fully saturated rings. The van der Waals surface area contributed by atoms with Gasteiger partial charge in [0.1, 0.15) is 0 Å². The van der Waals surface area contributed by atoms with Crippen LogP contribution >= 0.6 is 0 Å². The Balaban J connectivity index is 1.92. The molecule has 6 heteroatoms. The van der Waals surface area contributed by atoms with Gasteiger partial charge in [-0.3, -0.25) is 20.3 Å². The number of amides is 1. The average Bonchev–Trinajstić information content (AvgIpc) is 2.46. The van der Waals surface area contributed by atoms with Crippen LogP contribution in [0, 0.1) is 16.2 Å². The molecule has 1 aromatic carbocycles. The molecule has 1 saturated heterocycles. The molecule has 105 valence electrons. The van der Waals surface area contributed by atoms with E-state index in [0.717, 1.165) is 25.9 Å². The highest BCUT2D eigenvalue weighted by molar-refractivity contribution is 5.91. The molecule has 2 rings (SSSR count). The fourth-order valence-corrected chi connectivity index (χ4v) is 2.05. The summed E-state index contributed by atoms with van der Waals surface area (Å²) in [6.07, 6.45) is 6.32. The van der Waals surface area contributed by atoms with Crippen LogP contribution < -0.4 is 5.43 Å². The molecule has 1 aromatic rings. The highest BCUT2D eigenvalue weighted by atomic mass is 16.6. The molecular weight excluding hydrogens is 258 g/mol. The van der Waals surface area contributed by atoms with Gasteiger partial charge in [0.15, 0.2) is 0 Å². The first-order chi connectivity index (χ1) is 9.65. The monoisotopic (exact) mass is 274 g/mol. The summed E-state index contributed by atoms with van der Waals surface area (Å²) in [5.41, 5.74) is 3.29. The van der Waals surface area contributed by atoms with Crippen molar-refractivity contribution in [3.8, 4) is 0 Å². The summed E-state index contributed by atoms with van der Waals surface area (Å²) < 4.78 is 0. The first kappa shape index (κ1) is 14.2. The number of nitro benzene ring substituents is 1.